The molecule has 4 saturated carbocycles. The van der Waals surface area contributed by atoms with Crippen LogP contribution in [0.3, 0.4) is 0 Å². The average Bonchev–Trinajstić information content (AvgIpc) is 2.67. The fraction of sp³-hybridized carbons (Fsp3) is 0.652. The van der Waals surface area contributed by atoms with E-state index < -0.39 is 0 Å². The van der Waals surface area contributed by atoms with Crippen molar-refractivity contribution in [3.05, 3.63) is 35.9 Å². The Kier molecular flexibility index (Phi) is 3.89. The van der Waals surface area contributed by atoms with Crippen LogP contribution in [-0.2, 0) is 15.0 Å². The summed E-state index contributed by atoms with van der Waals surface area (Å²) in [6, 6.07) is 11.0. The molecule has 6 rings (SSSR count). The third-order valence-corrected chi connectivity index (χ3v) is 8.09. The molecule has 5 fully saturated rings. The largest absolute Gasteiger partial charge is 0.369 e. The number of amides is 2. The lowest BCUT2D eigenvalue weighted by molar-refractivity contribution is -0.162. The van der Waals surface area contributed by atoms with Crippen molar-refractivity contribution in [3.8, 4) is 0 Å². The van der Waals surface area contributed by atoms with Gasteiger partial charge in [-0.15, -0.1) is 0 Å². The van der Waals surface area contributed by atoms with E-state index in [0.29, 0.717) is 30.8 Å². The van der Waals surface area contributed by atoms with Crippen molar-refractivity contribution < 1.29 is 9.59 Å². The first-order valence-corrected chi connectivity index (χ1v) is 10.6. The van der Waals surface area contributed by atoms with E-state index in [1.165, 1.54) is 24.8 Å². The minimum Gasteiger partial charge on any atom is -0.369 e. The van der Waals surface area contributed by atoms with Crippen LogP contribution in [0.4, 0.5) is 0 Å². The van der Waals surface area contributed by atoms with Gasteiger partial charge >= 0.3 is 0 Å². The highest BCUT2D eigenvalue weighted by molar-refractivity contribution is 5.84. The van der Waals surface area contributed by atoms with Gasteiger partial charge in [0.2, 0.25) is 11.8 Å². The monoisotopic (exact) mass is 366 g/mol. The topological polar surface area (TPSA) is 63.4 Å². The van der Waals surface area contributed by atoms with E-state index >= 15 is 0 Å². The van der Waals surface area contributed by atoms with Gasteiger partial charge in [-0.2, -0.15) is 0 Å². The smallest absolute Gasteiger partial charge is 0.228 e. The quantitative estimate of drug-likeness (QED) is 0.892. The van der Waals surface area contributed by atoms with E-state index in [-0.39, 0.29) is 22.7 Å². The summed E-state index contributed by atoms with van der Waals surface area (Å²) in [4.78, 5) is 27.2. The van der Waals surface area contributed by atoms with Crippen molar-refractivity contribution >= 4 is 11.8 Å². The van der Waals surface area contributed by atoms with E-state index in [9.17, 15) is 9.59 Å². The van der Waals surface area contributed by atoms with Crippen LogP contribution in [0.2, 0.25) is 0 Å². The molecule has 0 radical (unpaired) electrons. The fourth-order valence-corrected chi connectivity index (χ4v) is 7.34. The zero-order chi connectivity index (χ0) is 18.6. The molecule has 0 spiro atoms. The summed E-state index contributed by atoms with van der Waals surface area (Å²) in [6.45, 7) is 1.39. The molecule has 1 aromatic rings. The Morgan fingerprint density at radius 2 is 1.59 bits per heavy atom. The average molecular weight is 367 g/mol. The molecule has 27 heavy (non-hydrogen) atoms. The van der Waals surface area contributed by atoms with Gasteiger partial charge in [-0.25, -0.2) is 0 Å². The molecule has 144 valence electrons. The number of hydrogen-bond donors (Lipinski definition) is 1. The lowest BCUT2D eigenvalue weighted by atomic mass is 9.42. The van der Waals surface area contributed by atoms with E-state index in [0.717, 1.165) is 32.1 Å². The highest BCUT2D eigenvalue weighted by atomic mass is 16.2. The zero-order valence-electron chi connectivity index (χ0n) is 16.0. The molecule has 2 unspecified atom stereocenters. The number of carbonyl (C=O) groups excluding carboxylic acids is 2. The summed E-state index contributed by atoms with van der Waals surface area (Å²) >= 11 is 0. The number of nitrogens with two attached hydrogens (primary N) is 1. The van der Waals surface area contributed by atoms with Crippen molar-refractivity contribution in [2.75, 3.05) is 13.1 Å². The molecular weight excluding hydrogens is 336 g/mol. The summed E-state index contributed by atoms with van der Waals surface area (Å²) in [7, 11) is 0. The van der Waals surface area contributed by atoms with Gasteiger partial charge < -0.3 is 10.6 Å². The van der Waals surface area contributed by atoms with Gasteiger partial charge in [0.1, 0.15) is 0 Å². The Labute approximate surface area is 161 Å². The second kappa shape index (κ2) is 6.08. The molecule has 0 aromatic heterocycles. The van der Waals surface area contributed by atoms with Gasteiger partial charge in [0.05, 0.1) is 5.41 Å². The second-order valence-electron chi connectivity index (χ2n) is 9.86. The van der Waals surface area contributed by atoms with E-state index in [1.54, 1.807) is 0 Å². The predicted molar refractivity (Wildman–Crippen MR) is 104 cm³/mol. The van der Waals surface area contributed by atoms with Crippen LogP contribution >= 0.6 is 0 Å². The number of nitrogens with zero attached hydrogens (tertiary/aromatic N) is 1. The fourth-order valence-electron chi connectivity index (χ4n) is 7.34. The van der Waals surface area contributed by atoms with Gasteiger partial charge in [0.15, 0.2) is 0 Å². The van der Waals surface area contributed by atoms with E-state index in [2.05, 4.69) is 35.2 Å². The van der Waals surface area contributed by atoms with Gasteiger partial charge in [-0.3, -0.25) is 9.59 Å². The van der Waals surface area contributed by atoms with Crippen molar-refractivity contribution in [2.45, 2.75) is 56.8 Å². The number of carbonyl (C=O) groups is 2. The molecule has 1 heterocycles. The van der Waals surface area contributed by atoms with E-state index in [1.807, 2.05) is 0 Å². The second-order valence-corrected chi connectivity index (χ2v) is 9.86. The number of benzene rings is 1. The number of likely N-dealkylation sites (tertiary alicyclic amines) is 1. The highest BCUT2D eigenvalue weighted by Gasteiger charge is 2.61. The Bertz CT molecular complexity index is 737. The third kappa shape index (κ3) is 2.71. The molecule has 4 bridgehead atoms. The van der Waals surface area contributed by atoms with Gasteiger partial charge in [0, 0.05) is 19.0 Å². The lowest BCUT2D eigenvalue weighted by Crippen LogP contribution is -2.60. The van der Waals surface area contributed by atoms with Crippen molar-refractivity contribution in [1.29, 1.82) is 0 Å². The molecule has 4 atom stereocenters. The number of hydrogen-bond acceptors (Lipinski definition) is 2. The summed E-state index contributed by atoms with van der Waals surface area (Å²) in [6.07, 6.45) is 8.46. The summed E-state index contributed by atoms with van der Waals surface area (Å²) in [5.41, 5.74) is 6.96. The van der Waals surface area contributed by atoms with Crippen molar-refractivity contribution in [2.24, 2.45) is 28.9 Å². The normalized spacial score (nSPS) is 38.1. The van der Waals surface area contributed by atoms with E-state index in [4.69, 9.17) is 5.73 Å². The SMILES string of the molecule is NC(=O)C1CCN(C(=O)C23C[C@H]4C[C@@H](C2)CC(c2ccccc2)(C4)C3)CC1. The molecular formula is C23H30N2O2. The molecule has 4 nitrogen and oxygen atoms in total. The first-order chi connectivity index (χ1) is 13.0. The Balaban J connectivity index is 1.41. The Hall–Kier alpha value is -1.84. The first kappa shape index (κ1) is 17.3. The minimum atomic E-state index is -0.208. The van der Waals surface area contributed by atoms with Crippen LogP contribution in [0.25, 0.3) is 0 Å². The lowest BCUT2D eigenvalue weighted by Gasteiger charge is -2.62. The highest BCUT2D eigenvalue weighted by Crippen LogP contribution is 2.66. The Morgan fingerprint density at radius 3 is 2.19 bits per heavy atom. The standard InChI is InChI=1S/C23H30N2O2/c24-20(26)18-6-8-25(9-7-18)21(27)23-13-16-10-17(14-23)12-22(11-16,15-23)19-4-2-1-3-5-19/h1-5,16-18H,6-15H2,(H2,24,26)/t16-,17+,22?,23?. The van der Waals surface area contributed by atoms with Gasteiger partial charge in [-0.05, 0) is 74.2 Å². The number of piperidine rings is 1. The summed E-state index contributed by atoms with van der Waals surface area (Å²) < 4.78 is 0. The molecule has 4 aliphatic carbocycles. The molecule has 1 aromatic carbocycles. The van der Waals surface area contributed by atoms with Crippen molar-refractivity contribution in [1.82, 2.24) is 4.90 Å². The molecule has 2 amide bonds. The van der Waals surface area contributed by atoms with Gasteiger partial charge in [0.25, 0.3) is 0 Å². The maximum absolute atomic E-state index is 13.7. The van der Waals surface area contributed by atoms with Crippen LogP contribution in [0.15, 0.2) is 30.3 Å². The van der Waals surface area contributed by atoms with Crippen LogP contribution in [0.5, 0.6) is 0 Å². The molecule has 2 N–H and O–H groups in total. The van der Waals surface area contributed by atoms with Crippen LogP contribution in [0.1, 0.15) is 56.9 Å². The van der Waals surface area contributed by atoms with Crippen LogP contribution in [-0.4, -0.2) is 29.8 Å². The molecule has 1 saturated heterocycles. The minimum absolute atomic E-state index is 0.0546. The predicted octanol–water partition coefficient (Wildman–Crippen LogP) is 3.25. The number of primary amides is 1. The van der Waals surface area contributed by atoms with Crippen molar-refractivity contribution in [3.63, 3.8) is 0 Å². The zero-order valence-corrected chi connectivity index (χ0v) is 16.0. The van der Waals surface area contributed by atoms with Crippen LogP contribution < -0.4 is 5.73 Å². The van der Waals surface area contributed by atoms with Crippen LogP contribution in [0, 0.1) is 23.2 Å². The molecule has 5 aliphatic rings. The third-order valence-electron chi connectivity index (χ3n) is 8.09. The first-order valence-electron chi connectivity index (χ1n) is 10.6. The number of rotatable bonds is 3. The Morgan fingerprint density at radius 1 is 0.963 bits per heavy atom. The maximum Gasteiger partial charge on any atom is 0.228 e. The maximum atomic E-state index is 13.7. The molecule has 4 heteroatoms. The summed E-state index contributed by atoms with van der Waals surface area (Å²) in [5, 5.41) is 0. The summed E-state index contributed by atoms with van der Waals surface area (Å²) in [5.74, 6) is 1.50. The van der Waals surface area contributed by atoms with Gasteiger partial charge in [-0.1, -0.05) is 30.3 Å². The molecule has 1 aliphatic heterocycles.